The summed E-state index contributed by atoms with van der Waals surface area (Å²) >= 11 is 0. The number of unbranched alkanes of at least 4 members (excludes halogenated alkanes) is 1. The number of carbonyl (C=O) groups excluding carboxylic acids is 2. The summed E-state index contributed by atoms with van der Waals surface area (Å²) in [7, 11) is 1.71. The van der Waals surface area contributed by atoms with E-state index in [9.17, 15) is 9.59 Å². The lowest BCUT2D eigenvalue weighted by molar-refractivity contribution is -0.116. The van der Waals surface area contributed by atoms with Crippen LogP contribution in [0.3, 0.4) is 0 Å². The van der Waals surface area contributed by atoms with Crippen LogP contribution in [0.15, 0.2) is 42.5 Å². The van der Waals surface area contributed by atoms with Crippen LogP contribution in [0.1, 0.15) is 54.1 Å². The molecule has 0 saturated heterocycles. The van der Waals surface area contributed by atoms with Gasteiger partial charge in [-0.3, -0.25) is 9.59 Å². The normalized spacial score (nSPS) is 12.3. The van der Waals surface area contributed by atoms with Gasteiger partial charge in [0.05, 0.1) is 7.11 Å². The molecule has 168 valence electrons. The summed E-state index contributed by atoms with van der Waals surface area (Å²) in [5.74, 6) is 1.20. The molecule has 1 heterocycles. The van der Waals surface area contributed by atoms with Crippen LogP contribution in [-0.4, -0.2) is 38.4 Å². The zero-order chi connectivity index (χ0) is 21.3. The Labute approximate surface area is 191 Å². The Morgan fingerprint density at radius 1 is 1.06 bits per heavy atom. The van der Waals surface area contributed by atoms with Crippen LogP contribution >= 0.6 is 12.4 Å². The number of carbonyl (C=O) groups is 2. The van der Waals surface area contributed by atoms with E-state index in [0.29, 0.717) is 13.0 Å². The molecule has 0 aliphatic carbocycles. The number of ketones is 1. The first-order valence-electron chi connectivity index (χ1n) is 10.9. The maximum absolute atomic E-state index is 12.5. The highest BCUT2D eigenvalue weighted by molar-refractivity contribution is 5.98. The Kier molecular flexibility index (Phi) is 10.0. The molecule has 2 aromatic carbocycles. The van der Waals surface area contributed by atoms with Gasteiger partial charge in [0.25, 0.3) is 0 Å². The molecule has 0 saturated carbocycles. The molecule has 0 fully saturated rings. The number of hydrogen-bond donors (Lipinski definition) is 1. The van der Waals surface area contributed by atoms with E-state index in [1.807, 2.05) is 36.4 Å². The highest BCUT2D eigenvalue weighted by Gasteiger charge is 2.22. The largest absolute Gasteiger partial charge is 0.496 e. The van der Waals surface area contributed by atoms with Crippen LogP contribution in [0, 0.1) is 0 Å². The monoisotopic (exact) mass is 444 g/mol. The smallest absolute Gasteiger partial charge is 0.223 e. The number of halogens is 1. The number of nitrogens with zero attached hydrogens (tertiary/aromatic N) is 1. The maximum Gasteiger partial charge on any atom is 0.223 e. The van der Waals surface area contributed by atoms with Crippen LogP contribution < -0.4 is 15.0 Å². The Hall–Kier alpha value is -2.37. The van der Waals surface area contributed by atoms with Crippen molar-refractivity contribution in [3.05, 3.63) is 59.2 Å². The van der Waals surface area contributed by atoms with Gasteiger partial charge >= 0.3 is 0 Å². The predicted octanol–water partition coefficient (Wildman–Crippen LogP) is 4.60. The SMILES string of the molecule is COc1ccccc1CCCNCCCCC(=O)c1ccc2c(c1)CCN2C(C)=O.Cl. The number of Topliss-reactive ketones (excluding diaryl/α,β-unsaturated/α-hetero) is 1. The van der Waals surface area contributed by atoms with Crippen LogP contribution in [0.25, 0.3) is 0 Å². The maximum atomic E-state index is 12.5. The number of anilines is 1. The van der Waals surface area contributed by atoms with Gasteiger partial charge in [0.1, 0.15) is 5.75 Å². The summed E-state index contributed by atoms with van der Waals surface area (Å²) in [6.07, 6.45) is 5.33. The molecule has 0 radical (unpaired) electrons. The van der Waals surface area contributed by atoms with Crippen LogP contribution in [0.2, 0.25) is 0 Å². The van der Waals surface area contributed by atoms with Crippen LogP contribution in [0.4, 0.5) is 5.69 Å². The second kappa shape index (κ2) is 12.5. The van der Waals surface area contributed by atoms with Gasteiger partial charge in [-0.2, -0.15) is 0 Å². The Bertz CT molecular complexity index is 885. The third kappa shape index (κ3) is 6.81. The molecule has 0 spiro atoms. The number of hydrogen-bond acceptors (Lipinski definition) is 4. The van der Waals surface area contributed by atoms with E-state index in [2.05, 4.69) is 11.4 Å². The second-order valence-electron chi connectivity index (χ2n) is 7.81. The topological polar surface area (TPSA) is 58.6 Å². The minimum Gasteiger partial charge on any atom is -0.496 e. The van der Waals surface area contributed by atoms with Crippen molar-refractivity contribution in [2.45, 2.75) is 45.4 Å². The molecule has 0 aromatic heterocycles. The molecule has 1 aliphatic rings. The molecule has 2 aromatic rings. The molecule has 0 bridgehead atoms. The zero-order valence-electron chi connectivity index (χ0n) is 18.5. The first kappa shape index (κ1) is 24.9. The van der Waals surface area contributed by atoms with Crippen molar-refractivity contribution >= 4 is 29.8 Å². The molecular weight excluding hydrogens is 412 g/mol. The quantitative estimate of drug-likeness (QED) is 0.406. The highest BCUT2D eigenvalue weighted by atomic mass is 35.5. The molecule has 0 unspecified atom stereocenters. The molecule has 3 rings (SSSR count). The number of para-hydroxylation sites is 1. The molecule has 1 N–H and O–H groups in total. The van der Waals surface area contributed by atoms with Crippen molar-refractivity contribution in [3.63, 3.8) is 0 Å². The number of aryl methyl sites for hydroxylation is 1. The molecule has 1 amide bonds. The number of benzene rings is 2. The lowest BCUT2D eigenvalue weighted by atomic mass is 10.0. The lowest BCUT2D eigenvalue weighted by Crippen LogP contribution is -2.25. The van der Waals surface area contributed by atoms with Gasteiger partial charge in [-0.05, 0) is 80.6 Å². The van der Waals surface area contributed by atoms with Crippen LogP contribution in [-0.2, 0) is 17.6 Å². The summed E-state index contributed by atoms with van der Waals surface area (Å²) in [5, 5.41) is 3.47. The van der Waals surface area contributed by atoms with Crippen molar-refractivity contribution < 1.29 is 14.3 Å². The van der Waals surface area contributed by atoms with Crippen molar-refractivity contribution in [2.75, 3.05) is 31.6 Å². The van der Waals surface area contributed by atoms with Crippen LogP contribution in [0.5, 0.6) is 5.75 Å². The fourth-order valence-corrected chi connectivity index (χ4v) is 4.02. The number of nitrogens with one attached hydrogen (secondary N) is 1. The van der Waals surface area contributed by atoms with Crippen molar-refractivity contribution in [1.82, 2.24) is 5.32 Å². The summed E-state index contributed by atoms with van der Waals surface area (Å²) in [4.78, 5) is 25.9. The summed E-state index contributed by atoms with van der Waals surface area (Å²) in [6, 6.07) is 13.9. The van der Waals surface area contributed by atoms with Crippen molar-refractivity contribution in [1.29, 1.82) is 0 Å². The fourth-order valence-electron chi connectivity index (χ4n) is 4.02. The van der Waals surface area contributed by atoms with E-state index in [4.69, 9.17) is 4.74 Å². The number of rotatable bonds is 11. The van der Waals surface area contributed by atoms with Gasteiger partial charge < -0.3 is 15.0 Å². The number of amides is 1. The Balaban J connectivity index is 0.00000341. The minimum atomic E-state index is 0. The van der Waals surface area contributed by atoms with E-state index < -0.39 is 0 Å². The van der Waals surface area contributed by atoms with E-state index in [-0.39, 0.29) is 24.1 Å². The summed E-state index contributed by atoms with van der Waals surface area (Å²) in [5.41, 5.74) is 4.07. The molecule has 0 atom stereocenters. The second-order valence-corrected chi connectivity index (χ2v) is 7.81. The summed E-state index contributed by atoms with van der Waals surface area (Å²) in [6.45, 7) is 4.19. The van der Waals surface area contributed by atoms with E-state index in [1.54, 1.807) is 18.9 Å². The Morgan fingerprint density at radius 3 is 2.61 bits per heavy atom. The van der Waals surface area contributed by atoms with Gasteiger partial charge in [-0.1, -0.05) is 18.2 Å². The number of ether oxygens (including phenoxy) is 1. The van der Waals surface area contributed by atoms with E-state index in [1.165, 1.54) is 5.56 Å². The molecule has 6 heteroatoms. The fraction of sp³-hybridized carbons (Fsp3) is 0.440. The predicted molar refractivity (Wildman–Crippen MR) is 128 cm³/mol. The third-order valence-electron chi connectivity index (χ3n) is 5.68. The summed E-state index contributed by atoms with van der Waals surface area (Å²) < 4.78 is 5.38. The van der Waals surface area contributed by atoms with Crippen molar-refractivity contribution in [3.8, 4) is 5.75 Å². The number of fused-ring (bicyclic) bond motifs is 1. The molecule has 31 heavy (non-hydrogen) atoms. The first-order valence-corrected chi connectivity index (χ1v) is 10.9. The lowest BCUT2D eigenvalue weighted by Gasteiger charge is -2.14. The number of methoxy groups -OCH3 is 1. The third-order valence-corrected chi connectivity index (χ3v) is 5.68. The molecular formula is C25H33ClN2O3. The van der Waals surface area contributed by atoms with Gasteiger partial charge in [0.15, 0.2) is 5.78 Å². The zero-order valence-corrected chi connectivity index (χ0v) is 19.3. The highest BCUT2D eigenvalue weighted by Crippen LogP contribution is 2.29. The van der Waals surface area contributed by atoms with E-state index in [0.717, 1.165) is 67.8 Å². The molecule has 5 nitrogen and oxygen atoms in total. The van der Waals surface area contributed by atoms with Gasteiger partial charge in [-0.25, -0.2) is 0 Å². The standard InChI is InChI=1S/C25H32N2O3.ClH/c1-19(28)27-17-14-21-18-22(12-13-23(21)27)24(29)10-5-6-15-26-16-7-9-20-8-3-4-11-25(20)30-2;/h3-4,8,11-13,18,26H,5-7,9-10,14-17H2,1-2H3;1H. The van der Waals surface area contributed by atoms with Gasteiger partial charge in [0, 0.05) is 31.1 Å². The Morgan fingerprint density at radius 2 is 1.84 bits per heavy atom. The van der Waals surface area contributed by atoms with E-state index >= 15 is 0 Å². The first-order chi connectivity index (χ1) is 14.6. The average Bonchev–Trinajstić information content (AvgIpc) is 3.19. The average molecular weight is 445 g/mol. The minimum absolute atomic E-state index is 0. The molecule has 1 aliphatic heterocycles. The van der Waals surface area contributed by atoms with Gasteiger partial charge in [-0.15, -0.1) is 12.4 Å². The van der Waals surface area contributed by atoms with Gasteiger partial charge in [0.2, 0.25) is 5.91 Å². The van der Waals surface area contributed by atoms with Crippen molar-refractivity contribution in [2.24, 2.45) is 0 Å².